The zero-order valence-electron chi connectivity index (χ0n) is 21.5. The Morgan fingerprint density at radius 1 is 1.02 bits per heavy atom. The Bertz CT molecular complexity index is 1750. The Hall–Kier alpha value is -5.00. The number of carbonyl (C=O) groups is 2. The van der Waals surface area contributed by atoms with E-state index < -0.39 is 11.9 Å². The van der Waals surface area contributed by atoms with Crippen molar-refractivity contribution in [3.05, 3.63) is 83.9 Å². The quantitative estimate of drug-likeness (QED) is 0.320. The Morgan fingerprint density at radius 2 is 1.85 bits per heavy atom. The van der Waals surface area contributed by atoms with Crippen LogP contribution in [-0.2, 0) is 17.9 Å². The summed E-state index contributed by atoms with van der Waals surface area (Å²) in [6.07, 6.45) is 3.99. The van der Waals surface area contributed by atoms with Crippen LogP contribution in [0.4, 0.5) is 14.6 Å². The topological polar surface area (TPSA) is 110 Å². The molecule has 1 aliphatic heterocycles. The number of pyridine rings is 1. The van der Waals surface area contributed by atoms with Crippen LogP contribution in [0.2, 0.25) is 0 Å². The summed E-state index contributed by atoms with van der Waals surface area (Å²) in [5.41, 5.74) is 4.06. The van der Waals surface area contributed by atoms with Crippen LogP contribution in [0.25, 0.3) is 28.2 Å². The lowest BCUT2D eigenvalue weighted by molar-refractivity contribution is -0.132. The number of nitrogens with one attached hydrogen (secondary N) is 1. The summed E-state index contributed by atoms with van der Waals surface area (Å²) in [5, 5.41) is 12.2. The minimum absolute atomic E-state index is 0.0803. The second-order valence-corrected chi connectivity index (χ2v) is 9.43. The fourth-order valence-electron chi connectivity index (χ4n) is 4.79. The molecule has 0 bridgehead atoms. The molecule has 1 N–H and O–H groups in total. The van der Waals surface area contributed by atoms with Crippen LogP contribution in [0.1, 0.15) is 35.8 Å². The minimum Gasteiger partial charge on any atom is -0.335 e. The first kappa shape index (κ1) is 25.3. The van der Waals surface area contributed by atoms with Crippen molar-refractivity contribution >= 4 is 23.3 Å². The van der Waals surface area contributed by atoms with Gasteiger partial charge in [0.2, 0.25) is 11.9 Å². The van der Waals surface area contributed by atoms with Crippen molar-refractivity contribution in [1.82, 2.24) is 34.3 Å². The number of nitrogens with zero attached hydrogens (tertiary/aromatic N) is 7. The molecule has 0 spiro atoms. The number of benzene rings is 1. The summed E-state index contributed by atoms with van der Waals surface area (Å²) in [6, 6.07) is 12.1. The van der Waals surface area contributed by atoms with Gasteiger partial charge in [-0.1, -0.05) is 6.92 Å². The van der Waals surface area contributed by atoms with Crippen molar-refractivity contribution in [3.63, 3.8) is 0 Å². The number of hydrogen-bond acceptors (Lipinski definition) is 6. The molecule has 0 aliphatic carbocycles. The monoisotopic (exact) mass is 542 g/mol. The van der Waals surface area contributed by atoms with Crippen molar-refractivity contribution in [2.24, 2.45) is 0 Å². The Balaban J connectivity index is 1.39. The van der Waals surface area contributed by atoms with E-state index in [1.807, 2.05) is 16.5 Å². The van der Waals surface area contributed by atoms with Crippen LogP contribution >= 0.6 is 0 Å². The van der Waals surface area contributed by atoms with Crippen LogP contribution in [-0.4, -0.2) is 52.6 Å². The molecule has 0 saturated heterocycles. The molecule has 5 heterocycles. The van der Waals surface area contributed by atoms with Crippen molar-refractivity contribution < 1.29 is 18.4 Å². The van der Waals surface area contributed by atoms with E-state index in [0.717, 1.165) is 29.3 Å². The summed E-state index contributed by atoms with van der Waals surface area (Å²) >= 11 is 0. The van der Waals surface area contributed by atoms with E-state index >= 15 is 0 Å². The molecule has 12 heteroatoms. The SMILES string of the molecule is CCCC(=O)N1CCn2nc(-c3ccc(F)cc3)c(-c3ccc4nc(NC(=O)c5ccnc(F)c5)cn4n3)c2C1. The first-order valence-corrected chi connectivity index (χ1v) is 12.8. The predicted molar refractivity (Wildman–Crippen MR) is 142 cm³/mol. The minimum atomic E-state index is -0.759. The van der Waals surface area contributed by atoms with Crippen LogP contribution in [0.15, 0.2) is 60.9 Å². The van der Waals surface area contributed by atoms with Gasteiger partial charge in [0.15, 0.2) is 11.5 Å². The molecule has 0 atom stereocenters. The number of hydrogen-bond donors (Lipinski definition) is 1. The van der Waals surface area contributed by atoms with Gasteiger partial charge < -0.3 is 10.2 Å². The number of imidazole rings is 1. The van der Waals surface area contributed by atoms with Crippen LogP contribution < -0.4 is 5.32 Å². The second-order valence-electron chi connectivity index (χ2n) is 9.43. The van der Waals surface area contributed by atoms with Crippen molar-refractivity contribution in [1.29, 1.82) is 0 Å². The average Bonchev–Trinajstić information content (AvgIpc) is 3.53. The Labute approximate surface area is 227 Å². The highest BCUT2D eigenvalue weighted by atomic mass is 19.1. The van der Waals surface area contributed by atoms with Crippen molar-refractivity contribution in [3.8, 4) is 22.5 Å². The predicted octanol–water partition coefficient (Wildman–Crippen LogP) is 4.33. The molecule has 0 fully saturated rings. The van der Waals surface area contributed by atoms with E-state index in [-0.39, 0.29) is 23.1 Å². The lowest BCUT2D eigenvalue weighted by atomic mass is 10.0. The third-order valence-electron chi connectivity index (χ3n) is 6.72. The first-order valence-electron chi connectivity index (χ1n) is 12.8. The van der Waals surface area contributed by atoms with E-state index in [9.17, 15) is 18.4 Å². The van der Waals surface area contributed by atoms with E-state index in [1.54, 1.807) is 30.5 Å². The van der Waals surface area contributed by atoms with Gasteiger partial charge in [-0.2, -0.15) is 14.6 Å². The Kier molecular flexibility index (Phi) is 6.50. The Morgan fingerprint density at radius 3 is 2.62 bits per heavy atom. The molecule has 40 heavy (non-hydrogen) atoms. The maximum atomic E-state index is 13.7. The first-order chi connectivity index (χ1) is 19.4. The lowest BCUT2D eigenvalue weighted by Gasteiger charge is -2.28. The molecule has 0 saturated carbocycles. The number of rotatable bonds is 6. The number of amides is 2. The van der Waals surface area contributed by atoms with Gasteiger partial charge in [0.25, 0.3) is 5.91 Å². The molecular weight excluding hydrogens is 518 g/mol. The molecule has 5 aromatic rings. The van der Waals surface area contributed by atoms with Crippen molar-refractivity contribution in [2.45, 2.75) is 32.9 Å². The summed E-state index contributed by atoms with van der Waals surface area (Å²) in [4.78, 5) is 35.0. The summed E-state index contributed by atoms with van der Waals surface area (Å²) in [6.45, 7) is 3.42. The van der Waals surface area contributed by atoms with Gasteiger partial charge in [-0.15, -0.1) is 0 Å². The molecule has 1 aromatic carbocycles. The normalized spacial score (nSPS) is 12.9. The molecule has 1 aliphatic rings. The van der Waals surface area contributed by atoms with Gasteiger partial charge in [0.1, 0.15) is 11.5 Å². The maximum absolute atomic E-state index is 13.7. The lowest BCUT2D eigenvalue weighted by Crippen LogP contribution is -2.38. The standard InChI is InChI=1S/C28H24F2N8O2/c1-2-3-25(39)36-12-13-37-21(15-36)26(27(35-37)17-4-6-19(29)7-5-17)20-8-9-24-32-23(16-38(24)34-20)33-28(40)18-10-11-31-22(30)14-18/h4-11,14,16H,2-3,12-13,15H2,1H3,(H,33,40). The fraction of sp³-hybridized carbons (Fsp3) is 0.214. The number of anilines is 1. The second kappa shape index (κ2) is 10.3. The zero-order valence-corrected chi connectivity index (χ0v) is 21.5. The molecule has 0 radical (unpaired) electrons. The highest BCUT2D eigenvalue weighted by Gasteiger charge is 2.28. The highest BCUT2D eigenvalue weighted by molar-refractivity contribution is 6.03. The van der Waals surface area contributed by atoms with Crippen LogP contribution in [0, 0.1) is 11.8 Å². The zero-order chi connectivity index (χ0) is 27.8. The number of aromatic nitrogens is 6. The van der Waals surface area contributed by atoms with Crippen LogP contribution in [0.3, 0.4) is 0 Å². The number of fused-ring (bicyclic) bond motifs is 2. The van der Waals surface area contributed by atoms with Crippen LogP contribution in [0.5, 0.6) is 0 Å². The van der Waals surface area contributed by atoms with Crippen molar-refractivity contribution in [2.75, 3.05) is 11.9 Å². The summed E-state index contributed by atoms with van der Waals surface area (Å²) in [5.74, 6) is -1.33. The largest absolute Gasteiger partial charge is 0.335 e. The van der Waals surface area contributed by atoms with E-state index in [4.69, 9.17) is 10.2 Å². The number of halogens is 2. The molecule has 202 valence electrons. The molecule has 4 aromatic heterocycles. The van der Waals surface area contributed by atoms with Gasteiger partial charge >= 0.3 is 0 Å². The number of carbonyl (C=O) groups excluding carboxylic acids is 2. The van der Waals surface area contributed by atoms with Gasteiger partial charge in [0.05, 0.1) is 36.2 Å². The van der Waals surface area contributed by atoms with E-state index in [0.29, 0.717) is 43.1 Å². The van der Waals surface area contributed by atoms with E-state index in [1.165, 1.54) is 28.9 Å². The maximum Gasteiger partial charge on any atom is 0.257 e. The molecule has 6 rings (SSSR count). The van der Waals surface area contributed by atoms with Gasteiger partial charge in [0, 0.05) is 36.4 Å². The third kappa shape index (κ3) is 4.79. The molecular formula is C28H24F2N8O2. The highest BCUT2D eigenvalue weighted by Crippen LogP contribution is 2.36. The van der Waals surface area contributed by atoms with Gasteiger partial charge in [-0.05, 0) is 48.9 Å². The average molecular weight is 543 g/mol. The molecule has 10 nitrogen and oxygen atoms in total. The van der Waals surface area contributed by atoms with E-state index in [2.05, 4.69) is 15.3 Å². The molecule has 2 amide bonds. The molecule has 0 unspecified atom stereocenters. The van der Waals surface area contributed by atoms with Gasteiger partial charge in [-0.25, -0.2) is 18.9 Å². The summed E-state index contributed by atoms with van der Waals surface area (Å²) in [7, 11) is 0. The fourth-order valence-corrected chi connectivity index (χ4v) is 4.79. The smallest absolute Gasteiger partial charge is 0.257 e. The summed E-state index contributed by atoms with van der Waals surface area (Å²) < 4.78 is 30.6. The van der Waals surface area contributed by atoms with Gasteiger partial charge in [-0.3, -0.25) is 14.3 Å². The third-order valence-corrected chi connectivity index (χ3v) is 6.72.